The third-order valence-corrected chi connectivity index (χ3v) is 5.30. The number of ether oxygens (including phenoxy) is 3. The van der Waals surface area contributed by atoms with Gasteiger partial charge in [-0.1, -0.05) is 18.2 Å². The summed E-state index contributed by atoms with van der Waals surface area (Å²) in [6, 6.07) is 14.3. The molecule has 0 bridgehead atoms. The number of hydrogen-bond acceptors (Lipinski definition) is 7. The number of aromatic nitrogens is 1. The molecule has 0 saturated carbocycles. The van der Waals surface area contributed by atoms with Crippen LogP contribution in [0.3, 0.4) is 0 Å². The Hall–Kier alpha value is -4.53. The van der Waals surface area contributed by atoms with Gasteiger partial charge in [0.15, 0.2) is 17.2 Å². The average molecular weight is 446 g/mol. The van der Waals surface area contributed by atoms with E-state index in [0.717, 1.165) is 6.07 Å². The van der Waals surface area contributed by atoms with Crippen molar-refractivity contribution in [2.24, 2.45) is 0 Å². The van der Waals surface area contributed by atoms with Crippen molar-refractivity contribution >= 4 is 34.0 Å². The summed E-state index contributed by atoms with van der Waals surface area (Å²) in [5, 5.41) is 14.1. The zero-order valence-electron chi connectivity index (χ0n) is 17.5. The third kappa shape index (κ3) is 3.39. The minimum absolute atomic E-state index is 0.0548. The topological polar surface area (TPSA) is 116 Å². The summed E-state index contributed by atoms with van der Waals surface area (Å²) in [6.45, 7) is 1.74. The predicted molar refractivity (Wildman–Crippen MR) is 119 cm³/mol. The summed E-state index contributed by atoms with van der Waals surface area (Å²) in [5.74, 6) is -0.896. The highest BCUT2D eigenvalue weighted by Gasteiger charge is 2.23. The van der Waals surface area contributed by atoms with Crippen molar-refractivity contribution in [2.45, 2.75) is 6.92 Å². The highest BCUT2D eigenvalue weighted by Crippen LogP contribution is 2.38. The van der Waals surface area contributed by atoms with E-state index in [0.29, 0.717) is 28.0 Å². The van der Waals surface area contributed by atoms with Gasteiger partial charge in [0.25, 0.3) is 11.5 Å². The normalized spacial score (nSPS) is 12.2. The Morgan fingerprint density at radius 3 is 2.52 bits per heavy atom. The van der Waals surface area contributed by atoms with Crippen molar-refractivity contribution in [1.82, 2.24) is 4.40 Å². The Morgan fingerprint density at radius 2 is 1.79 bits per heavy atom. The molecule has 0 radical (unpaired) electrons. The second-order valence-corrected chi connectivity index (χ2v) is 7.30. The van der Waals surface area contributed by atoms with Gasteiger partial charge in [-0.15, -0.1) is 0 Å². The second kappa shape index (κ2) is 7.86. The molecular weight excluding hydrogens is 428 g/mol. The van der Waals surface area contributed by atoms with Gasteiger partial charge in [0.2, 0.25) is 6.79 Å². The number of esters is 1. The molecule has 9 nitrogen and oxygen atoms in total. The molecule has 0 saturated heterocycles. The lowest BCUT2D eigenvalue weighted by molar-refractivity contribution is 0.0523. The van der Waals surface area contributed by atoms with Crippen LogP contribution in [0.1, 0.15) is 27.6 Å². The maximum Gasteiger partial charge on any atom is 0.342 e. The van der Waals surface area contributed by atoms with Crippen LogP contribution in [0, 0.1) is 0 Å². The van der Waals surface area contributed by atoms with Crippen LogP contribution in [0.4, 0.5) is 5.69 Å². The molecule has 2 aromatic heterocycles. The van der Waals surface area contributed by atoms with E-state index in [1.807, 2.05) is 0 Å². The van der Waals surface area contributed by atoms with E-state index in [1.54, 1.807) is 55.5 Å². The number of amides is 1. The third-order valence-electron chi connectivity index (χ3n) is 5.30. The largest absolute Gasteiger partial charge is 0.505 e. The number of carbonyl (C=O) groups excluding carboxylic acids is 2. The Bertz CT molecular complexity index is 1490. The quantitative estimate of drug-likeness (QED) is 0.462. The summed E-state index contributed by atoms with van der Waals surface area (Å²) < 4.78 is 17.1. The van der Waals surface area contributed by atoms with Gasteiger partial charge in [0.05, 0.1) is 17.6 Å². The number of aromatic hydroxyl groups is 1. The van der Waals surface area contributed by atoms with Gasteiger partial charge in [-0.05, 0) is 37.3 Å². The van der Waals surface area contributed by atoms with Crippen molar-refractivity contribution in [3.63, 3.8) is 0 Å². The number of rotatable bonds is 4. The molecule has 1 aliphatic heterocycles. The number of benzene rings is 2. The van der Waals surface area contributed by atoms with Crippen molar-refractivity contribution in [3.8, 4) is 17.2 Å². The van der Waals surface area contributed by atoms with Crippen LogP contribution in [0.2, 0.25) is 0 Å². The van der Waals surface area contributed by atoms with Crippen LogP contribution in [0.15, 0.2) is 59.4 Å². The molecule has 0 spiro atoms. The van der Waals surface area contributed by atoms with Gasteiger partial charge >= 0.3 is 5.97 Å². The van der Waals surface area contributed by atoms with E-state index < -0.39 is 23.2 Å². The number of nitrogens with zero attached hydrogens (tertiary/aromatic N) is 1. The van der Waals surface area contributed by atoms with E-state index in [9.17, 15) is 19.5 Å². The molecule has 5 rings (SSSR count). The summed E-state index contributed by atoms with van der Waals surface area (Å²) in [7, 11) is 0. The Balaban J connectivity index is 1.79. The first-order chi connectivity index (χ1) is 16.0. The van der Waals surface area contributed by atoms with Crippen LogP contribution in [0.5, 0.6) is 17.2 Å². The summed E-state index contributed by atoms with van der Waals surface area (Å²) in [6.07, 6.45) is 0. The van der Waals surface area contributed by atoms with Gasteiger partial charge < -0.3 is 24.6 Å². The lowest BCUT2D eigenvalue weighted by Gasteiger charge is -2.05. The fraction of sp³-hybridized carbons (Fsp3) is 0.125. The van der Waals surface area contributed by atoms with Crippen LogP contribution in [-0.2, 0) is 4.74 Å². The minimum atomic E-state index is -0.831. The first-order valence-corrected chi connectivity index (χ1v) is 10.2. The number of fused-ring (bicyclic) bond motifs is 4. The number of carbonyl (C=O) groups is 2. The maximum atomic E-state index is 13.6. The van der Waals surface area contributed by atoms with Gasteiger partial charge in [-0.3, -0.25) is 14.0 Å². The maximum absolute atomic E-state index is 13.6. The molecule has 0 unspecified atom stereocenters. The molecule has 0 aliphatic carbocycles. The first kappa shape index (κ1) is 20.4. The average Bonchev–Trinajstić information content (AvgIpc) is 3.41. The van der Waals surface area contributed by atoms with Crippen molar-refractivity contribution in [1.29, 1.82) is 0 Å². The van der Waals surface area contributed by atoms with Gasteiger partial charge in [0, 0.05) is 17.0 Å². The van der Waals surface area contributed by atoms with Gasteiger partial charge in [-0.25, -0.2) is 4.79 Å². The Labute approximate surface area is 186 Å². The molecule has 33 heavy (non-hydrogen) atoms. The van der Waals surface area contributed by atoms with E-state index >= 15 is 0 Å². The molecule has 2 N–H and O–H groups in total. The van der Waals surface area contributed by atoms with Crippen LogP contribution >= 0.6 is 0 Å². The van der Waals surface area contributed by atoms with E-state index in [2.05, 4.69) is 5.32 Å². The predicted octanol–water partition coefficient (Wildman–Crippen LogP) is 3.32. The molecule has 1 aliphatic rings. The van der Waals surface area contributed by atoms with Crippen LogP contribution < -0.4 is 20.3 Å². The highest BCUT2D eigenvalue weighted by molar-refractivity contribution is 6.05. The molecule has 3 heterocycles. The van der Waals surface area contributed by atoms with Crippen LogP contribution in [-0.4, -0.2) is 34.8 Å². The van der Waals surface area contributed by atoms with Crippen LogP contribution in [0.25, 0.3) is 16.4 Å². The standard InChI is InChI=1S/C24H18N2O7/c1-2-31-24(30)15-10-16(25-22(28)13-6-4-3-5-7-13)23(29)26-17-11-20-19(32-12-33-20)9-14(17)8-18(26)21(15)27/h3-11,27H,2,12H2,1H3,(H,25,28). The summed E-state index contributed by atoms with van der Waals surface area (Å²) in [4.78, 5) is 38.9. The summed E-state index contributed by atoms with van der Waals surface area (Å²) in [5.41, 5.74) is -0.295. The Kier molecular flexibility index (Phi) is 4.86. The van der Waals surface area contributed by atoms with Gasteiger partial charge in [0.1, 0.15) is 11.3 Å². The van der Waals surface area contributed by atoms with Gasteiger partial charge in [-0.2, -0.15) is 0 Å². The van der Waals surface area contributed by atoms with E-state index in [4.69, 9.17) is 14.2 Å². The lowest BCUT2D eigenvalue weighted by Crippen LogP contribution is -2.20. The SMILES string of the molecule is CCOC(=O)c1cc(NC(=O)c2ccccc2)c(=O)n2c(cc3cc4c(cc32)OCO4)c1O. The number of nitrogens with one attached hydrogen (secondary N) is 1. The van der Waals surface area contributed by atoms with Crippen molar-refractivity contribution < 1.29 is 28.9 Å². The fourth-order valence-corrected chi connectivity index (χ4v) is 3.76. The van der Waals surface area contributed by atoms with Crippen molar-refractivity contribution in [3.05, 3.63) is 76.1 Å². The molecular formula is C24H18N2O7. The minimum Gasteiger partial charge on any atom is -0.505 e. The van der Waals surface area contributed by atoms with Crippen molar-refractivity contribution in [2.75, 3.05) is 18.7 Å². The van der Waals surface area contributed by atoms with E-state index in [1.165, 1.54) is 4.40 Å². The lowest BCUT2D eigenvalue weighted by atomic mass is 10.2. The number of anilines is 1. The molecule has 0 atom stereocenters. The summed E-state index contributed by atoms with van der Waals surface area (Å²) >= 11 is 0. The van der Waals surface area contributed by atoms with E-state index in [-0.39, 0.29) is 30.2 Å². The molecule has 1 amide bonds. The zero-order chi connectivity index (χ0) is 23.1. The molecule has 4 aromatic rings. The Morgan fingerprint density at radius 1 is 1.06 bits per heavy atom. The fourth-order valence-electron chi connectivity index (χ4n) is 3.76. The molecule has 0 fully saturated rings. The monoisotopic (exact) mass is 446 g/mol. The number of hydrogen-bond donors (Lipinski definition) is 2. The molecule has 166 valence electrons. The smallest absolute Gasteiger partial charge is 0.342 e. The molecule has 9 heteroatoms. The highest BCUT2D eigenvalue weighted by atomic mass is 16.7. The zero-order valence-corrected chi connectivity index (χ0v) is 17.5. The first-order valence-electron chi connectivity index (χ1n) is 10.2. The molecule has 2 aromatic carbocycles. The second-order valence-electron chi connectivity index (χ2n) is 7.30.